The standard InChI is InChI=1S/C16H11FN2O2/c17-13-8-6-12(7-9-13)15-10-19(11-18-15)16(20)21-14-4-2-1-3-5-14/h1-11H. The second kappa shape index (κ2) is 5.58. The molecule has 0 spiro atoms. The van der Waals surface area contributed by atoms with Gasteiger partial charge in [0.05, 0.1) is 5.69 Å². The van der Waals surface area contributed by atoms with E-state index in [4.69, 9.17) is 4.74 Å². The third-order valence-electron chi connectivity index (χ3n) is 2.88. The minimum atomic E-state index is -0.554. The molecule has 0 aliphatic rings. The van der Waals surface area contributed by atoms with E-state index in [1.165, 1.54) is 23.0 Å². The molecule has 104 valence electrons. The first-order valence-electron chi connectivity index (χ1n) is 6.29. The molecule has 2 aromatic carbocycles. The van der Waals surface area contributed by atoms with Crippen molar-refractivity contribution in [2.24, 2.45) is 0 Å². The molecule has 3 rings (SSSR count). The number of aromatic nitrogens is 2. The summed E-state index contributed by atoms with van der Waals surface area (Å²) in [4.78, 5) is 16.1. The fourth-order valence-electron chi connectivity index (χ4n) is 1.83. The number of nitrogens with zero attached hydrogens (tertiary/aromatic N) is 2. The Balaban J connectivity index is 1.78. The Bertz CT molecular complexity index is 751. The van der Waals surface area contributed by atoms with Crippen LogP contribution in [0.5, 0.6) is 5.75 Å². The van der Waals surface area contributed by atoms with Gasteiger partial charge in [0.1, 0.15) is 17.9 Å². The highest BCUT2D eigenvalue weighted by atomic mass is 19.1. The molecule has 5 heteroatoms. The van der Waals surface area contributed by atoms with Gasteiger partial charge in [0.2, 0.25) is 0 Å². The van der Waals surface area contributed by atoms with E-state index < -0.39 is 6.09 Å². The van der Waals surface area contributed by atoms with Crippen LogP contribution >= 0.6 is 0 Å². The topological polar surface area (TPSA) is 44.1 Å². The van der Waals surface area contributed by atoms with Crippen molar-refractivity contribution in [1.29, 1.82) is 0 Å². The molecule has 3 aromatic rings. The molecule has 4 nitrogen and oxygen atoms in total. The van der Waals surface area contributed by atoms with Crippen molar-refractivity contribution in [3.05, 3.63) is 72.9 Å². The molecule has 21 heavy (non-hydrogen) atoms. The van der Waals surface area contributed by atoms with E-state index in [-0.39, 0.29) is 5.82 Å². The molecular formula is C16H11FN2O2. The van der Waals surface area contributed by atoms with E-state index in [0.717, 1.165) is 5.56 Å². The number of rotatable bonds is 2. The molecule has 0 bridgehead atoms. The van der Waals surface area contributed by atoms with Gasteiger partial charge in [-0.05, 0) is 36.4 Å². The summed E-state index contributed by atoms with van der Waals surface area (Å²) in [5, 5.41) is 0. The van der Waals surface area contributed by atoms with Gasteiger partial charge in [-0.25, -0.2) is 18.7 Å². The van der Waals surface area contributed by atoms with Crippen molar-refractivity contribution in [2.45, 2.75) is 0 Å². The van der Waals surface area contributed by atoms with Gasteiger partial charge in [-0.15, -0.1) is 0 Å². The Labute approximate surface area is 120 Å². The lowest BCUT2D eigenvalue weighted by molar-refractivity contribution is 0.202. The number of halogens is 1. The van der Waals surface area contributed by atoms with Crippen LogP contribution in [0.15, 0.2) is 67.1 Å². The number of para-hydroxylation sites is 1. The average molecular weight is 282 g/mol. The predicted octanol–water partition coefficient (Wildman–Crippen LogP) is 3.74. The largest absolute Gasteiger partial charge is 0.424 e. The summed E-state index contributed by atoms with van der Waals surface area (Å²) in [5.74, 6) is 0.140. The molecule has 0 atom stereocenters. The van der Waals surface area contributed by atoms with Gasteiger partial charge >= 0.3 is 6.09 Å². The van der Waals surface area contributed by atoms with Gasteiger partial charge < -0.3 is 4.74 Å². The van der Waals surface area contributed by atoms with Crippen LogP contribution in [0.25, 0.3) is 11.3 Å². The number of hydrogen-bond acceptors (Lipinski definition) is 3. The summed E-state index contributed by atoms with van der Waals surface area (Å²) >= 11 is 0. The fourth-order valence-corrected chi connectivity index (χ4v) is 1.83. The first-order valence-corrected chi connectivity index (χ1v) is 6.29. The van der Waals surface area contributed by atoms with Crippen molar-refractivity contribution in [3.63, 3.8) is 0 Å². The van der Waals surface area contributed by atoms with Crippen molar-refractivity contribution >= 4 is 6.09 Å². The summed E-state index contributed by atoms with van der Waals surface area (Å²) < 4.78 is 19.3. The third-order valence-corrected chi connectivity index (χ3v) is 2.88. The number of carbonyl (C=O) groups excluding carboxylic acids is 1. The van der Waals surface area contributed by atoms with E-state index in [2.05, 4.69) is 4.98 Å². The maximum absolute atomic E-state index is 12.9. The Morgan fingerprint density at radius 2 is 1.76 bits per heavy atom. The predicted molar refractivity (Wildman–Crippen MR) is 75.5 cm³/mol. The summed E-state index contributed by atoms with van der Waals surface area (Å²) in [6.45, 7) is 0. The van der Waals surface area contributed by atoms with Crippen LogP contribution in [0.1, 0.15) is 0 Å². The second-order valence-electron chi connectivity index (χ2n) is 4.35. The van der Waals surface area contributed by atoms with Crippen LogP contribution in [-0.4, -0.2) is 15.6 Å². The summed E-state index contributed by atoms with van der Waals surface area (Å²) in [5.41, 5.74) is 1.29. The van der Waals surface area contributed by atoms with Gasteiger partial charge in [-0.1, -0.05) is 18.2 Å². The van der Waals surface area contributed by atoms with Crippen molar-refractivity contribution in [3.8, 4) is 17.0 Å². The van der Waals surface area contributed by atoms with Crippen LogP contribution in [0, 0.1) is 5.82 Å². The summed E-state index contributed by atoms with van der Waals surface area (Å²) in [7, 11) is 0. The second-order valence-corrected chi connectivity index (χ2v) is 4.35. The molecule has 0 radical (unpaired) electrons. The van der Waals surface area contributed by atoms with Crippen molar-refractivity contribution in [1.82, 2.24) is 9.55 Å². The molecule has 0 N–H and O–H groups in total. The maximum atomic E-state index is 12.9. The lowest BCUT2D eigenvalue weighted by Gasteiger charge is -2.03. The first kappa shape index (κ1) is 13.1. The molecule has 0 unspecified atom stereocenters. The van der Waals surface area contributed by atoms with Crippen LogP contribution in [0.3, 0.4) is 0 Å². The molecule has 1 heterocycles. The Morgan fingerprint density at radius 3 is 2.48 bits per heavy atom. The number of carbonyl (C=O) groups is 1. The number of imidazole rings is 1. The van der Waals surface area contributed by atoms with E-state index in [1.807, 2.05) is 6.07 Å². The van der Waals surface area contributed by atoms with Crippen LogP contribution in [0.4, 0.5) is 9.18 Å². The zero-order valence-electron chi connectivity index (χ0n) is 10.9. The quantitative estimate of drug-likeness (QED) is 0.719. The van der Waals surface area contributed by atoms with Crippen LogP contribution in [-0.2, 0) is 0 Å². The maximum Gasteiger partial charge on any atom is 0.424 e. The number of benzene rings is 2. The minimum absolute atomic E-state index is 0.318. The minimum Gasteiger partial charge on any atom is -0.410 e. The molecule has 0 saturated carbocycles. The van der Waals surface area contributed by atoms with Crippen molar-refractivity contribution < 1.29 is 13.9 Å². The monoisotopic (exact) mass is 282 g/mol. The van der Waals surface area contributed by atoms with Gasteiger partial charge in [0, 0.05) is 11.8 Å². The third kappa shape index (κ3) is 2.97. The zero-order valence-corrected chi connectivity index (χ0v) is 10.9. The smallest absolute Gasteiger partial charge is 0.410 e. The first-order chi connectivity index (χ1) is 10.2. The lowest BCUT2D eigenvalue weighted by atomic mass is 10.2. The SMILES string of the molecule is O=C(Oc1ccccc1)n1cnc(-c2ccc(F)cc2)c1. The molecular weight excluding hydrogens is 271 g/mol. The average Bonchev–Trinajstić information content (AvgIpc) is 2.99. The summed E-state index contributed by atoms with van der Waals surface area (Å²) in [6, 6.07) is 14.7. The Morgan fingerprint density at radius 1 is 1.05 bits per heavy atom. The van der Waals surface area contributed by atoms with Crippen LogP contribution < -0.4 is 4.74 Å². The Hall–Kier alpha value is -2.95. The van der Waals surface area contributed by atoms with E-state index in [9.17, 15) is 9.18 Å². The van der Waals surface area contributed by atoms with Gasteiger partial charge in [0.25, 0.3) is 0 Å². The Kier molecular flexibility index (Phi) is 3.47. The van der Waals surface area contributed by atoms with E-state index >= 15 is 0 Å². The highest BCUT2D eigenvalue weighted by Crippen LogP contribution is 2.17. The van der Waals surface area contributed by atoms with Gasteiger partial charge in [0.15, 0.2) is 0 Å². The summed E-state index contributed by atoms with van der Waals surface area (Å²) in [6.07, 6.45) is 2.35. The molecule has 0 aliphatic carbocycles. The molecule has 0 aliphatic heterocycles. The highest BCUT2D eigenvalue weighted by molar-refractivity contribution is 5.74. The van der Waals surface area contributed by atoms with E-state index in [1.54, 1.807) is 42.6 Å². The highest BCUT2D eigenvalue weighted by Gasteiger charge is 2.10. The van der Waals surface area contributed by atoms with Gasteiger partial charge in [-0.3, -0.25) is 0 Å². The van der Waals surface area contributed by atoms with Crippen molar-refractivity contribution in [2.75, 3.05) is 0 Å². The van der Waals surface area contributed by atoms with Crippen LogP contribution in [0.2, 0.25) is 0 Å². The zero-order chi connectivity index (χ0) is 14.7. The molecule has 1 aromatic heterocycles. The molecule has 0 amide bonds. The lowest BCUT2D eigenvalue weighted by Crippen LogP contribution is -2.14. The molecule has 0 saturated heterocycles. The fraction of sp³-hybridized carbons (Fsp3) is 0. The normalized spacial score (nSPS) is 10.3. The number of ether oxygens (including phenoxy) is 1. The van der Waals surface area contributed by atoms with E-state index in [0.29, 0.717) is 11.4 Å². The number of hydrogen-bond donors (Lipinski definition) is 0. The van der Waals surface area contributed by atoms with Gasteiger partial charge in [-0.2, -0.15) is 0 Å². The molecule has 0 fully saturated rings.